The van der Waals surface area contributed by atoms with Crippen molar-refractivity contribution in [2.45, 2.75) is 26.2 Å². The first-order chi connectivity index (χ1) is 10.6. The van der Waals surface area contributed by atoms with Crippen molar-refractivity contribution < 1.29 is 4.79 Å². The van der Waals surface area contributed by atoms with Crippen LogP contribution in [0.4, 0.5) is 5.13 Å². The highest BCUT2D eigenvalue weighted by molar-refractivity contribution is 7.15. The first kappa shape index (κ1) is 16.9. The first-order valence-electron chi connectivity index (χ1n) is 7.22. The number of amides is 1. The molecule has 2 rings (SSSR count). The summed E-state index contributed by atoms with van der Waals surface area (Å²) in [6.45, 7) is 2.89. The van der Waals surface area contributed by atoms with Crippen molar-refractivity contribution in [1.29, 1.82) is 0 Å². The second-order valence-corrected chi connectivity index (χ2v) is 6.69. The van der Waals surface area contributed by atoms with E-state index in [0.717, 1.165) is 29.3 Å². The Labute approximate surface area is 139 Å². The topological polar surface area (TPSA) is 54.0 Å². The Morgan fingerprint density at radius 1 is 1.41 bits per heavy atom. The minimum absolute atomic E-state index is 0.0128. The Kier molecular flexibility index (Phi) is 6.36. The van der Waals surface area contributed by atoms with E-state index in [1.54, 1.807) is 0 Å². The van der Waals surface area contributed by atoms with Crippen molar-refractivity contribution in [3.8, 4) is 0 Å². The first-order valence-corrected chi connectivity index (χ1v) is 8.42. The van der Waals surface area contributed by atoms with Crippen molar-refractivity contribution >= 4 is 34.0 Å². The van der Waals surface area contributed by atoms with Crippen LogP contribution in [-0.4, -0.2) is 24.5 Å². The summed E-state index contributed by atoms with van der Waals surface area (Å²) in [6, 6.07) is 5.89. The average Bonchev–Trinajstić information content (AvgIpc) is 2.89. The monoisotopic (exact) mass is 337 g/mol. The molecular weight excluding hydrogens is 318 g/mol. The maximum Gasteiger partial charge on any atom is 0.226 e. The number of nitrogens with one attached hydrogen (secondary N) is 2. The van der Waals surface area contributed by atoms with Crippen molar-refractivity contribution in [2.75, 3.05) is 18.9 Å². The molecule has 0 atom stereocenters. The maximum atomic E-state index is 11.8. The summed E-state index contributed by atoms with van der Waals surface area (Å²) in [5, 5.41) is 7.29. The van der Waals surface area contributed by atoms with Gasteiger partial charge in [0.05, 0.1) is 0 Å². The van der Waals surface area contributed by atoms with E-state index >= 15 is 0 Å². The Balaban J connectivity index is 1.92. The van der Waals surface area contributed by atoms with E-state index in [2.05, 4.69) is 15.6 Å². The predicted molar refractivity (Wildman–Crippen MR) is 92.9 cm³/mol. The number of carbonyl (C=O) groups is 1. The highest BCUT2D eigenvalue weighted by Gasteiger charge is 2.08. The van der Waals surface area contributed by atoms with Crippen molar-refractivity contribution in [3.63, 3.8) is 0 Å². The highest BCUT2D eigenvalue weighted by Crippen LogP contribution is 2.24. The molecule has 0 unspecified atom stereocenters. The second-order valence-electron chi connectivity index (χ2n) is 5.13. The van der Waals surface area contributed by atoms with Gasteiger partial charge in [-0.2, -0.15) is 0 Å². The summed E-state index contributed by atoms with van der Waals surface area (Å²) in [7, 11) is 1.88. The van der Waals surface area contributed by atoms with Gasteiger partial charge in [0.15, 0.2) is 5.13 Å². The standard InChI is InChI=1S/C16H20ClN3OS/c1-11-8-13(17)6-5-12(11)9-14-10-19-16(22-14)20-15(21)4-3-7-18-2/h5-6,8,10,18H,3-4,7,9H2,1-2H3,(H,19,20,21). The molecule has 0 aliphatic heterocycles. The van der Waals surface area contributed by atoms with Gasteiger partial charge in [0.25, 0.3) is 0 Å². The zero-order valence-electron chi connectivity index (χ0n) is 12.8. The Bertz CT molecular complexity index is 642. The van der Waals surface area contributed by atoms with E-state index in [4.69, 9.17) is 11.6 Å². The molecule has 0 aliphatic carbocycles. The number of halogens is 1. The van der Waals surface area contributed by atoms with Gasteiger partial charge in [-0.25, -0.2) is 4.98 Å². The van der Waals surface area contributed by atoms with Crippen LogP contribution in [0.2, 0.25) is 5.02 Å². The fourth-order valence-electron chi connectivity index (χ4n) is 2.10. The molecule has 4 nitrogen and oxygen atoms in total. The Hall–Kier alpha value is -1.43. The number of benzene rings is 1. The van der Waals surface area contributed by atoms with E-state index in [9.17, 15) is 4.79 Å². The number of aromatic nitrogens is 1. The number of carbonyl (C=O) groups excluding carboxylic acids is 1. The van der Waals surface area contributed by atoms with Crippen LogP contribution in [0, 0.1) is 6.92 Å². The lowest BCUT2D eigenvalue weighted by Gasteiger charge is -2.04. The third kappa shape index (κ3) is 5.09. The van der Waals surface area contributed by atoms with Crippen LogP contribution in [0.3, 0.4) is 0 Å². The van der Waals surface area contributed by atoms with Gasteiger partial charge in [-0.15, -0.1) is 11.3 Å². The summed E-state index contributed by atoms with van der Waals surface area (Å²) >= 11 is 7.49. The molecule has 1 amide bonds. The van der Waals surface area contributed by atoms with Crippen LogP contribution < -0.4 is 10.6 Å². The molecule has 0 aliphatic rings. The zero-order chi connectivity index (χ0) is 15.9. The predicted octanol–water partition coefficient (Wildman–Crippen LogP) is 3.63. The van der Waals surface area contributed by atoms with Gasteiger partial charge in [0.2, 0.25) is 5.91 Å². The van der Waals surface area contributed by atoms with Gasteiger partial charge in [-0.05, 0) is 50.2 Å². The minimum Gasteiger partial charge on any atom is -0.320 e. The van der Waals surface area contributed by atoms with Crippen LogP contribution in [-0.2, 0) is 11.2 Å². The fraction of sp³-hybridized carbons (Fsp3) is 0.375. The number of hydrogen-bond donors (Lipinski definition) is 2. The third-order valence-electron chi connectivity index (χ3n) is 3.30. The molecule has 2 N–H and O–H groups in total. The van der Waals surface area contributed by atoms with Gasteiger partial charge in [-0.3, -0.25) is 4.79 Å². The summed E-state index contributed by atoms with van der Waals surface area (Å²) in [5.41, 5.74) is 2.39. The third-order valence-corrected chi connectivity index (χ3v) is 4.45. The van der Waals surface area contributed by atoms with E-state index in [1.807, 2.05) is 38.4 Å². The van der Waals surface area contributed by atoms with E-state index in [1.165, 1.54) is 22.5 Å². The number of aryl methyl sites for hydroxylation is 1. The van der Waals surface area contributed by atoms with E-state index in [0.29, 0.717) is 11.6 Å². The van der Waals surface area contributed by atoms with Gasteiger partial charge >= 0.3 is 0 Å². The van der Waals surface area contributed by atoms with Crippen LogP contribution >= 0.6 is 22.9 Å². The quantitative estimate of drug-likeness (QED) is 0.758. The molecule has 0 saturated carbocycles. The molecule has 0 radical (unpaired) electrons. The van der Waals surface area contributed by atoms with Gasteiger partial charge in [-0.1, -0.05) is 17.7 Å². The zero-order valence-corrected chi connectivity index (χ0v) is 14.4. The van der Waals surface area contributed by atoms with Crippen molar-refractivity contribution in [2.24, 2.45) is 0 Å². The molecular formula is C16H20ClN3OS. The summed E-state index contributed by atoms with van der Waals surface area (Å²) in [6.07, 6.45) is 3.95. The van der Waals surface area contributed by atoms with Gasteiger partial charge in [0, 0.05) is 28.9 Å². The fourth-order valence-corrected chi connectivity index (χ4v) is 3.18. The van der Waals surface area contributed by atoms with Crippen LogP contribution in [0.25, 0.3) is 0 Å². The second kappa shape index (κ2) is 8.27. The highest BCUT2D eigenvalue weighted by atomic mass is 35.5. The lowest BCUT2D eigenvalue weighted by atomic mass is 10.1. The molecule has 2 aromatic rings. The molecule has 0 bridgehead atoms. The molecule has 1 aromatic heterocycles. The molecule has 118 valence electrons. The summed E-state index contributed by atoms with van der Waals surface area (Å²) < 4.78 is 0. The van der Waals surface area contributed by atoms with Gasteiger partial charge in [0.1, 0.15) is 0 Å². The molecule has 6 heteroatoms. The maximum absolute atomic E-state index is 11.8. The van der Waals surface area contributed by atoms with Crippen LogP contribution in [0.1, 0.15) is 28.8 Å². The van der Waals surface area contributed by atoms with Crippen LogP contribution in [0.15, 0.2) is 24.4 Å². The Morgan fingerprint density at radius 2 is 2.23 bits per heavy atom. The number of thiazole rings is 1. The van der Waals surface area contributed by atoms with E-state index in [-0.39, 0.29) is 5.91 Å². The smallest absolute Gasteiger partial charge is 0.226 e. The Morgan fingerprint density at radius 3 is 2.95 bits per heavy atom. The SMILES string of the molecule is CNCCCC(=O)Nc1ncc(Cc2ccc(Cl)cc2C)s1. The average molecular weight is 338 g/mol. The number of nitrogens with zero attached hydrogens (tertiary/aromatic N) is 1. The normalized spacial score (nSPS) is 10.7. The lowest BCUT2D eigenvalue weighted by molar-refractivity contribution is -0.116. The molecule has 0 spiro atoms. The molecule has 1 aromatic carbocycles. The molecule has 1 heterocycles. The molecule has 0 saturated heterocycles. The number of rotatable bonds is 7. The van der Waals surface area contributed by atoms with Gasteiger partial charge < -0.3 is 10.6 Å². The molecule has 22 heavy (non-hydrogen) atoms. The van der Waals surface area contributed by atoms with Crippen LogP contribution in [0.5, 0.6) is 0 Å². The number of anilines is 1. The summed E-state index contributed by atoms with van der Waals surface area (Å²) in [4.78, 5) is 17.2. The van der Waals surface area contributed by atoms with Crippen molar-refractivity contribution in [1.82, 2.24) is 10.3 Å². The minimum atomic E-state index is 0.0128. The molecule has 0 fully saturated rings. The van der Waals surface area contributed by atoms with Crippen molar-refractivity contribution in [3.05, 3.63) is 45.4 Å². The van der Waals surface area contributed by atoms with E-state index < -0.39 is 0 Å². The summed E-state index contributed by atoms with van der Waals surface area (Å²) in [5.74, 6) is 0.0128. The number of hydrogen-bond acceptors (Lipinski definition) is 4. The lowest BCUT2D eigenvalue weighted by Crippen LogP contribution is -2.14. The largest absolute Gasteiger partial charge is 0.320 e.